The van der Waals surface area contributed by atoms with Gasteiger partial charge in [0.25, 0.3) is 6.43 Å². The monoisotopic (exact) mass is 181 g/mol. The van der Waals surface area contributed by atoms with E-state index in [0.717, 1.165) is 6.42 Å². The molecular weight excluding hydrogens is 160 g/mol. The summed E-state index contributed by atoms with van der Waals surface area (Å²) in [5, 5.41) is 2.67. The lowest BCUT2D eigenvalue weighted by molar-refractivity contribution is 0.145. The van der Waals surface area contributed by atoms with Crippen LogP contribution < -0.4 is 5.32 Å². The first-order chi connectivity index (χ1) is 5.63. The van der Waals surface area contributed by atoms with Gasteiger partial charge in [0.2, 0.25) is 0 Å². The van der Waals surface area contributed by atoms with Crippen LogP contribution in [0.2, 0.25) is 0 Å². The van der Waals surface area contributed by atoms with E-state index in [9.17, 15) is 8.78 Å². The molecule has 0 aliphatic heterocycles. The van der Waals surface area contributed by atoms with Crippen LogP contribution >= 0.6 is 0 Å². The fourth-order valence-electron chi connectivity index (χ4n) is 0.602. The molecule has 3 heteroatoms. The molecule has 0 aromatic carbocycles. The Balaban J connectivity index is 0. The van der Waals surface area contributed by atoms with Crippen molar-refractivity contribution in [1.82, 2.24) is 5.32 Å². The second-order valence-electron chi connectivity index (χ2n) is 2.78. The number of nitrogens with one attached hydrogen (secondary N) is 1. The van der Waals surface area contributed by atoms with Crippen molar-refractivity contribution in [2.45, 2.75) is 40.5 Å². The smallest absolute Gasteiger partial charge is 0.250 e. The first-order valence-corrected chi connectivity index (χ1v) is 4.61. The molecule has 0 fully saturated rings. The van der Waals surface area contributed by atoms with Crippen LogP contribution in [0.15, 0.2) is 0 Å². The van der Waals surface area contributed by atoms with E-state index in [1.54, 1.807) is 0 Å². The summed E-state index contributed by atoms with van der Waals surface area (Å²) in [6.45, 7) is 8.67. The van der Waals surface area contributed by atoms with Crippen LogP contribution in [0, 0.1) is 5.92 Å². The zero-order chi connectivity index (χ0) is 9.98. The van der Waals surface area contributed by atoms with Gasteiger partial charge < -0.3 is 5.32 Å². The van der Waals surface area contributed by atoms with Crippen molar-refractivity contribution in [3.05, 3.63) is 0 Å². The van der Waals surface area contributed by atoms with Gasteiger partial charge in [0.05, 0.1) is 6.54 Å². The average Bonchev–Trinajstić information content (AvgIpc) is 2.02. The Hall–Kier alpha value is -0.180. The second-order valence-corrected chi connectivity index (χ2v) is 2.78. The molecule has 0 spiro atoms. The van der Waals surface area contributed by atoms with Crippen molar-refractivity contribution < 1.29 is 8.78 Å². The lowest BCUT2D eigenvalue weighted by Gasteiger charge is -2.05. The van der Waals surface area contributed by atoms with Crippen molar-refractivity contribution in [2.24, 2.45) is 5.92 Å². The molecule has 0 aromatic heterocycles. The number of hydrogen-bond donors (Lipinski definition) is 1. The molecule has 0 saturated heterocycles. The molecule has 0 aliphatic rings. The SMILES string of the molecule is CC.CC(C)CCNCC(F)F. The highest BCUT2D eigenvalue weighted by atomic mass is 19.3. The zero-order valence-corrected chi connectivity index (χ0v) is 8.53. The summed E-state index contributed by atoms with van der Waals surface area (Å²) in [4.78, 5) is 0. The number of rotatable bonds is 5. The fraction of sp³-hybridized carbons (Fsp3) is 1.00. The Morgan fingerprint density at radius 2 is 1.67 bits per heavy atom. The van der Waals surface area contributed by atoms with Crippen molar-refractivity contribution in [3.8, 4) is 0 Å². The quantitative estimate of drug-likeness (QED) is 0.643. The Kier molecular flexibility index (Phi) is 12.9. The Morgan fingerprint density at radius 3 is 2.00 bits per heavy atom. The van der Waals surface area contributed by atoms with Gasteiger partial charge in [0.15, 0.2) is 0 Å². The summed E-state index contributed by atoms with van der Waals surface area (Å²) < 4.78 is 23.0. The topological polar surface area (TPSA) is 12.0 Å². The number of hydrogen-bond acceptors (Lipinski definition) is 1. The second kappa shape index (κ2) is 10.8. The first kappa shape index (κ1) is 14.3. The van der Waals surface area contributed by atoms with Crippen molar-refractivity contribution in [2.75, 3.05) is 13.1 Å². The first-order valence-electron chi connectivity index (χ1n) is 4.61. The standard InChI is InChI=1S/C7H15F2N.C2H6/c1-6(2)3-4-10-5-7(8)9;1-2/h6-7,10H,3-5H2,1-2H3;1-2H3. The van der Waals surface area contributed by atoms with Crippen molar-refractivity contribution >= 4 is 0 Å². The molecule has 0 aliphatic carbocycles. The van der Waals surface area contributed by atoms with Crippen molar-refractivity contribution in [3.63, 3.8) is 0 Å². The van der Waals surface area contributed by atoms with Crippen LogP contribution in [0.5, 0.6) is 0 Å². The molecular formula is C9H21F2N. The van der Waals surface area contributed by atoms with Crippen LogP contribution in [0.3, 0.4) is 0 Å². The van der Waals surface area contributed by atoms with E-state index in [1.165, 1.54) is 0 Å². The maximum Gasteiger partial charge on any atom is 0.250 e. The van der Waals surface area contributed by atoms with Gasteiger partial charge in [-0.25, -0.2) is 8.78 Å². The number of halogens is 2. The minimum atomic E-state index is -2.22. The predicted molar refractivity (Wildman–Crippen MR) is 49.7 cm³/mol. The van der Waals surface area contributed by atoms with E-state index in [4.69, 9.17) is 0 Å². The molecule has 0 atom stereocenters. The zero-order valence-electron chi connectivity index (χ0n) is 8.53. The van der Waals surface area contributed by atoms with Gasteiger partial charge in [-0.1, -0.05) is 27.7 Å². The molecule has 0 bridgehead atoms. The third-order valence-electron chi connectivity index (χ3n) is 1.20. The Bertz CT molecular complexity index is 64.9. The summed E-state index contributed by atoms with van der Waals surface area (Å²) in [5.74, 6) is 0.588. The molecule has 1 N–H and O–H groups in total. The van der Waals surface area contributed by atoms with Gasteiger partial charge in [-0.3, -0.25) is 0 Å². The normalized spacial score (nSPS) is 10.0. The van der Waals surface area contributed by atoms with Gasteiger partial charge in [0, 0.05) is 0 Å². The summed E-state index contributed by atoms with van der Waals surface area (Å²) in [6.07, 6.45) is -1.25. The Morgan fingerprint density at radius 1 is 1.17 bits per heavy atom. The molecule has 0 heterocycles. The highest BCUT2D eigenvalue weighted by Crippen LogP contribution is 1.96. The highest BCUT2D eigenvalue weighted by Gasteiger charge is 2.00. The molecule has 0 rings (SSSR count). The molecule has 0 saturated carbocycles. The molecule has 76 valence electrons. The average molecular weight is 181 g/mol. The summed E-state index contributed by atoms with van der Waals surface area (Å²) in [7, 11) is 0. The van der Waals surface area contributed by atoms with Crippen LogP contribution in [0.4, 0.5) is 8.78 Å². The fourth-order valence-corrected chi connectivity index (χ4v) is 0.602. The predicted octanol–water partition coefficient (Wildman–Crippen LogP) is 2.91. The lowest BCUT2D eigenvalue weighted by Crippen LogP contribution is -2.23. The Labute approximate surface area is 74.5 Å². The van der Waals surface area contributed by atoms with E-state index in [2.05, 4.69) is 19.2 Å². The van der Waals surface area contributed by atoms with Gasteiger partial charge in [-0.05, 0) is 18.9 Å². The minimum absolute atomic E-state index is 0.174. The van der Waals surface area contributed by atoms with E-state index < -0.39 is 6.43 Å². The van der Waals surface area contributed by atoms with Gasteiger partial charge in [0.1, 0.15) is 0 Å². The molecule has 0 unspecified atom stereocenters. The largest absolute Gasteiger partial charge is 0.311 e. The molecule has 12 heavy (non-hydrogen) atoms. The summed E-state index contributed by atoms with van der Waals surface area (Å²) in [5.41, 5.74) is 0. The van der Waals surface area contributed by atoms with Gasteiger partial charge in [-0.15, -0.1) is 0 Å². The molecule has 1 nitrogen and oxygen atoms in total. The van der Waals surface area contributed by atoms with Gasteiger partial charge in [-0.2, -0.15) is 0 Å². The maximum absolute atomic E-state index is 11.5. The van der Waals surface area contributed by atoms with Crippen LogP contribution in [0.25, 0.3) is 0 Å². The lowest BCUT2D eigenvalue weighted by atomic mass is 10.1. The third-order valence-corrected chi connectivity index (χ3v) is 1.20. The van der Waals surface area contributed by atoms with E-state index in [-0.39, 0.29) is 6.54 Å². The molecule has 0 aromatic rings. The summed E-state index contributed by atoms with van der Waals surface area (Å²) >= 11 is 0. The summed E-state index contributed by atoms with van der Waals surface area (Å²) in [6, 6.07) is 0. The van der Waals surface area contributed by atoms with Crippen LogP contribution in [0.1, 0.15) is 34.1 Å². The third kappa shape index (κ3) is 16.4. The number of alkyl halides is 2. The van der Waals surface area contributed by atoms with Crippen molar-refractivity contribution in [1.29, 1.82) is 0 Å². The van der Waals surface area contributed by atoms with Gasteiger partial charge >= 0.3 is 0 Å². The molecule has 0 amide bonds. The van der Waals surface area contributed by atoms with E-state index >= 15 is 0 Å². The highest BCUT2D eigenvalue weighted by molar-refractivity contribution is 4.51. The van der Waals surface area contributed by atoms with E-state index in [1.807, 2.05) is 13.8 Å². The van der Waals surface area contributed by atoms with Crippen LogP contribution in [-0.2, 0) is 0 Å². The maximum atomic E-state index is 11.5. The minimum Gasteiger partial charge on any atom is -0.311 e. The van der Waals surface area contributed by atoms with Crippen LogP contribution in [-0.4, -0.2) is 19.5 Å². The van der Waals surface area contributed by atoms with E-state index in [0.29, 0.717) is 12.5 Å². The molecule has 0 radical (unpaired) electrons.